The summed E-state index contributed by atoms with van der Waals surface area (Å²) in [4.78, 5) is 25.2. The third kappa shape index (κ3) is 3.24. The fourth-order valence-corrected chi connectivity index (χ4v) is 3.04. The number of amides is 1. The Morgan fingerprint density at radius 2 is 2.33 bits per heavy atom. The molecular weight excluding hydrogens is 310 g/mol. The van der Waals surface area contributed by atoms with Crippen molar-refractivity contribution in [3.05, 3.63) is 46.1 Å². The van der Waals surface area contributed by atoms with Crippen LogP contribution in [0.3, 0.4) is 0 Å². The molecule has 126 valence electrons. The molecule has 1 aromatic heterocycles. The number of nitro benzene ring substituents is 1. The molecule has 7 heteroatoms. The van der Waals surface area contributed by atoms with Crippen LogP contribution < -0.4 is 5.32 Å². The van der Waals surface area contributed by atoms with Crippen LogP contribution in [0.4, 0.5) is 10.5 Å². The molecule has 0 radical (unpaired) electrons. The Morgan fingerprint density at radius 1 is 1.50 bits per heavy atom. The van der Waals surface area contributed by atoms with E-state index in [-0.39, 0.29) is 22.7 Å². The highest BCUT2D eigenvalue weighted by Crippen LogP contribution is 2.33. The number of hydrogen-bond acceptors (Lipinski definition) is 4. The number of ether oxygens (including phenoxy) is 1. The maximum Gasteiger partial charge on any atom is 0.407 e. The normalized spacial score (nSPS) is 17.4. The van der Waals surface area contributed by atoms with Crippen molar-refractivity contribution in [1.82, 2.24) is 10.3 Å². The molecule has 0 saturated carbocycles. The van der Waals surface area contributed by atoms with Crippen LogP contribution in [0.2, 0.25) is 0 Å². The van der Waals surface area contributed by atoms with Gasteiger partial charge in [0.1, 0.15) is 0 Å². The Bertz CT molecular complexity index is 809. The fraction of sp³-hybridized carbons (Fsp3) is 0.353. The summed E-state index contributed by atoms with van der Waals surface area (Å²) in [5.74, 6) is 0. The minimum atomic E-state index is -0.387. The zero-order valence-electron chi connectivity index (χ0n) is 13.4. The first-order chi connectivity index (χ1) is 11.6. The van der Waals surface area contributed by atoms with E-state index in [4.69, 9.17) is 4.74 Å². The average Bonchev–Trinajstić information content (AvgIpc) is 2.99. The smallest absolute Gasteiger partial charge is 0.407 e. The number of alkyl carbamates (subject to hydrolysis) is 1. The number of benzene rings is 1. The summed E-state index contributed by atoms with van der Waals surface area (Å²) in [5.41, 5.74) is 3.09. The second-order valence-electron chi connectivity index (χ2n) is 5.75. The highest BCUT2D eigenvalue weighted by atomic mass is 16.6. The molecule has 1 aromatic carbocycles. The quantitative estimate of drug-likeness (QED) is 0.659. The molecule has 1 amide bonds. The molecule has 7 nitrogen and oxygen atoms in total. The highest BCUT2D eigenvalue weighted by molar-refractivity contribution is 5.94. The van der Waals surface area contributed by atoms with E-state index >= 15 is 0 Å². The first kappa shape index (κ1) is 16.0. The van der Waals surface area contributed by atoms with Crippen molar-refractivity contribution in [3.8, 4) is 0 Å². The molecule has 0 saturated heterocycles. The van der Waals surface area contributed by atoms with Crippen molar-refractivity contribution in [3.63, 3.8) is 0 Å². The Kier molecular flexibility index (Phi) is 4.50. The monoisotopic (exact) mass is 329 g/mol. The number of allylic oxidation sites excluding steroid dienone is 1. The number of H-pyrrole nitrogens is 1. The minimum Gasteiger partial charge on any atom is -0.450 e. The third-order valence-electron chi connectivity index (χ3n) is 4.23. The number of carbonyl (C=O) groups excluding carboxylic acids is 1. The van der Waals surface area contributed by atoms with Crippen molar-refractivity contribution in [2.45, 2.75) is 32.2 Å². The van der Waals surface area contributed by atoms with E-state index in [0.29, 0.717) is 6.61 Å². The molecule has 0 aliphatic heterocycles. The van der Waals surface area contributed by atoms with Crippen LogP contribution in [0.15, 0.2) is 30.5 Å². The zero-order chi connectivity index (χ0) is 17.1. The van der Waals surface area contributed by atoms with E-state index in [9.17, 15) is 14.9 Å². The molecule has 2 aromatic rings. The minimum absolute atomic E-state index is 0.0624. The van der Waals surface area contributed by atoms with Crippen molar-refractivity contribution in [2.75, 3.05) is 6.61 Å². The van der Waals surface area contributed by atoms with Gasteiger partial charge in [0, 0.05) is 40.8 Å². The van der Waals surface area contributed by atoms with Gasteiger partial charge in [0.15, 0.2) is 0 Å². The molecule has 3 rings (SSSR count). The van der Waals surface area contributed by atoms with Gasteiger partial charge in [-0.15, -0.1) is 0 Å². The van der Waals surface area contributed by atoms with Gasteiger partial charge in [-0.2, -0.15) is 0 Å². The van der Waals surface area contributed by atoms with Gasteiger partial charge in [-0.05, 0) is 37.8 Å². The maximum atomic E-state index is 11.5. The van der Waals surface area contributed by atoms with Gasteiger partial charge in [0.05, 0.1) is 11.5 Å². The Hall–Kier alpha value is -2.83. The SMILES string of the molecule is CCOC(=O)NC1CC=C(c2c[nH]c3ccc([N+](=O)[O-])cc23)CC1. The second-order valence-corrected chi connectivity index (χ2v) is 5.75. The fourth-order valence-electron chi connectivity index (χ4n) is 3.04. The molecule has 1 aliphatic carbocycles. The molecule has 0 bridgehead atoms. The third-order valence-corrected chi connectivity index (χ3v) is 4.23. The van der Waals surface area contributed by atoms with Crippen LogP contribution in [-0.2, 0) is 4.74 Å². The lowest BCUT2D eigenvalue weighted by molar-refractivity contribution is -0.384. The van der Waals surface area contributed by atoms with Crippen molar-refractivity contribution in [1.29, 1.82) is 0 Å². The van der Waals surface area contributed by atoms with Gasteiger partial charge in [-0.25, -0.2) is 4.79 Å². The van der Waals surface area contributed by atoms with Crippen LogP contribution in [0.25, 0.3) is 16.5 Å². The number of carbonyl (C=O) groups is 1. The number of nitro groups is 1. The predicted octanol–water partition coefficient (Wildman–Crippen LogP) is 3.76. The van der Waals surface area contributed by atoms with Gasteiger partial charge in [-0.1, -0.05) is 6.08 Å². The molecule has 1 atom stereocenters. The first-order valence-electron chi connectivity index (χ1n) is 7.96. The molecule has 2 N–H and O–H groups in total. The van der Waals surface area contributed by atoms with Crippen molar-refractivity contribution in [2.24, 2.45) is 0 Å². The van der Waals surface area contributed by atoms with Crippen LogP contribution >= 0.6 is 0 Å². The van der Waals surface area contributed by atoms with E-state index in [1.54, 1.807) is 19.1 Å². The number of aromatic amines is 1. The predicted molar refractivity (Wildman–Crippen MR) is 90.7 cm³/mol. The average molecular weight is 329 g/mol. The molecular formula is C17H19N3O4. The summed E-state index contributed by atoms with van der Waals surface area (Å²) in [5, 5.41) is 14.7. The Balaban J connectivity index is 1.79. The topological polar surface area (TPSA) is 97.3 Å². The molecule has 1 aliphatic rings. The Labute approximate surface area is 138 Å². The number of nitrogens with zero attached hydrogens (tertiary/aromatic N) is 1. The lowest BCUT2D eigenvalue weighted by Gasteiger charge is -2.22. The van der Waals surface area contributed by atoms with E-state index in [0.717, 1.165) is 41.3 Å². The van der Waals surface area contributed by atoms with Crippen molar-refractivity contribution >= 4 is 28.3 Å². The summed E-state index contributed by atoms with van der Waals surface area (Å²) in [6.07, 6.45) is 5.91. The summed E-state index contributed by atoms with van der Waals surface area (Å²) in [6.45, 7) is 2.13. The number of nitrogens with one attached hydrogen (secondary N) is 2. The van der Waals surface area contributed by atoms with Crippen LogP contribution in [0, 0.1) is 10.1 Å². The van der Waals surface area contributed by atoms with E-state index in [1.807, 2.05) is 6.20 Å². The summed E-state index contributed by atoms with van der Waals surface area (Å²) in [6, 6.07) is 4.89. The highest BCUT2D eigenvalue weighted by Gasteiger charge is 2.20. The summed E-state index contributed by atoms with van der Waals surface area (Å²) < 4.78 is 4.90. The molecule has 1 heterocycles. The molecule has 0 spiro atoms. The number of non-ortho nitro benzene ring substituents is 1. The number of rotatable bonds is 4. The molecule has 1 unspecified atom stereocenters. The van der Waals surface area contributed by atoms with Gasteiger partial charge in [0.2, 0.25) is 0 Å². The second kappa shape index (κ2) is 6.74. The lowest BCUT2D eigenvalue weighted by Crippen LogP contribution is -2.36. The van der Waals surface area contributed by atoms with Crippen molar-refractivity contribution < 1.29 is 14.5 Å². The Morgan fingerprint density at radius 3 is 3.00 bits per heavy atom. The number of hydrogen-bond donors (Lipinski definition) is 2. The zero-order valence-corrected chi connectivity index (χ0v) is 13.4. The van der Waals surface area contributed by atoms with E-state index in [2.05, 4.69) is 16.4 Å². The first-order valence-corrected chi connectivity index (χ1v) is 7.96. The largest absolute Gasteiger partial charge is 0.450 e. The van der Waals surface area contributed by atoms with Gasteiger partial charge in [-0.3, -0.25) is 10.1 Å². The van der Waals surface area contributed by atoms with Crippen LogP contribution in [0.1, 0.15) is 31.7 Å². The standard InChI is InChI=1S/C17H19N3O4/c1-2-24-17(21)19-12-5-3-11(4-6-12)15-10-18-16-8-7-13(20(22)23)9-14(15)16/h3,7-10,12,18H,2,4-6H2,1H3,(H,19,21). The van der Waals surface area contributed by atoms with Gasteiger partial charge >= 0.3 is 6.09 Å². The lowest BCUT2D eigenvalue weighted by atomic mass is 9.90. The maximum absolute atomic E-state index is 11.5. The molecule has 24 heavy (non-hydrogen) atoms. The van der Waals surface area contributed by atoms with Crippen LogP contribution in [-0.4, -0.2) is 28.6 Å². The summed E-state index contributed by atoms with van der Waals surface area (Å²) >= 11 is 0. The number of fused-ring (bicyclic) bond motifs is 1. The van der Waals surface area contributed by atoms with Gasteiger partial charge < -0.3 is 15.0 Å². The van der Waals surface area contributed by atoms with Gasteiger partial charge in [0.25, 0.3) is 5.69 Å². The summed E-state index contributed by atoms with van der Waals surface area (Å²) in [7, 11) is 0. The van der Waals surface area contributed by atoms with E-state index in [1.165, 1.54) is 6.07 Å². The van der Waals surface area contributed by atoms with Crippen LogP contribution in [0.5, 0.6) is 0 Å². The number of aromatic nitrogens is 1. The van der Waals surface area contributed by atoms with E-state index < -0.39 is 0 Å². The molecule has 0 fully saturated rings.